The third-order valence-corrected chi connectivity index (χ3v) is 6.87. The molecule has 0 saturated heterocycles. The van der Waals surface area contributed by atoms with E-state index in [1.165, 1.54) is 16.7 Å². The van der Waals surface area contributed by atoms with Crippen molar-refractivity contribution >= 4 is 11.6 Å². The summed E-state index contributed by atoms with van der Waals surface area (Å²) in [7, 11) is 3.30. The number of nitrogens with zero attached hydrogens (tertiary/aromatic N) is 1. The molecule has 2 heterocycles. The van der Waals surface area contributed by atoms with Crippen LogP contribution in [0.25, 0.3) is 11.1 Å². The second kappa shape index (κ2) is 9.25. The first-order valence-corrected chi connectivity index (χ1v) is 12.7. The van der Waals surface area contributed by atoms with Crippen LogP contribution in [0, 0.1) is 0 Å². The number of hydrogen-bond donors (Lipinski definition) is 1. The van der Waals surface area contributed by atoms with E-state index in [2.05, 4.69) is 63.3 Å². The topological polar surface area (TPSA) is 69.2 Å². The minimum Gasteiger partial charge on any atom is -0.493 e. The van der Waals surface area contributed by atoms with E-state index in [-0.39, 0.29) is 23.7 Å². The molecule has 0 radical (unpaired) electrons. The molecule has 2 aliphatic rings. The van der Waals surface area contributed by atoms with Gasteiger partial charge in [0.2, 0.25) is 0 Å². The number of carbonyl (C=O) groups is 1. The van der Waals surface area contributed by atoms with E-state index in [0.29, 0.717) is 5.75 Å². The molecule has 0 fully saturated rings. The van der Waals surface area contributed by atoms with Crippen molar-refractivity contribution in [1.29, 1.82) is 0 Å². The van der Waals surface area contributed by atoms with Gasteiger partial charge < -0.3 is 19.5 Å². The summed E-state index contributed by atoms with van der Waals surface area (Å²) in [5, 5.41) is 2.56. The number of aliphatic imine (C=N–C) groups is 1. The maximum absolute atomic E-state index is 11.5. The molecule has 5 rings (SSSR count). The van der Waals surface area contributed by atoms with E-state index in [4.69, 9.17) is 19.2 Å². The van der Waals surface area contributed by atoms with Crippen LogP contribution in [0.3, 0.4) is 0 Å². The van der Waals surface area contributed by atoms with Gasteiger partial charge >= 0.3 is 0 Å². The van der Waals surface area contributed by atoms with Gasteiger partial charge in [-0.3, -0.25) is 9.79 Å². The number of rotatable bonds is 6. The largest absolute Gasteiger partial charge is 0.493 e. The summed E-state index contributed by atoms with van der Waals surface area (Å²) in [6, 6.07) is 18.4. The van der Waals surface area contributed by atoms with Crippen molar-refractivity contribution in [2.75, 3.05) is 20.8 Å². The van der Waals surface area contributed by atoms with Crippen molar-refractivity contribution in [2.24, 2.45) is 4.99 Å². The van der Waals surface area contributed by atoms with Crippen LogP contribution in [0.1, 0.15) is 49.9 Å². The van der Waals surface area contributed by atoms with Crippen molar-refractivity contribution < 1.29 is 19.0 Å². The number of methoxy groups -OCH3 is 1. The summed E-state index contributed by atoms with van der Waals surface area (Å²) in [4.78, 5) is 16.7. The first kappa shape index (κ1) is 24.9. The van der Waals surface area contributed by atoms with E-state index < -0.39 is 0 Å². The Balaban J connectivity index is 1.54. The van der Waals surface area contributed by atoms with Crippen molar-refractivity contribution in [3.8, 4) is 28.4 Å². The van der Waals surface area contributed by atoms with E-state index >= 15 is 0 Å². The lowest BCUT2D eigenvalue weighted by atomic mass is 9.80. The van der Waals surface area contributed by atoms with Gasteiger partial charge in [0, 0.05) is 30.2 Å². The predicted octanol–water partition coefficient (Wildman–Crippen LogP) is 5.37. The number of fused-ring (bicyclic) bond motifs is 3. The Labute approximate surface area is 218 Å². The van der Waals surface area contributed by atoms with Gasteiger partial charge in [-0.05, 0) is 75.1 Å². The van der Waals surface area contributed by atoms with Gasteiger partial charge in [-0.2, -0.15) is 0 Å². The van der Waals surface area contributed by atoms with Crippen LogP contribution in [0.4, 0.5) is 0 Å². The molecule has 192 valence electrons. The number of nitrogens with one attached hydrogen (secondary N) is 1. The summed E-state index contributed by atoms with van der Waals surface area (Å²) >= 11 is 0. The predicted molar refractivity (Wildman–Crippen MR) is 146 cm³/mol. The summed E-state index contributed by atoms with van der Waals surface area (Å²) < 4.78 is 17.7. The Morgan fingerprint density at radius 1 is 1.00 bits per heavy atom. The molecule has 0 atom stereocenters. The summed E-state index contributed by atoms with van der Waals surface area (Å²) in [5.74, 6) is 2.13. The van der Waals surface area contributed by atoms with Crippen LogP contribution in [0.5, 0.6) is 17.2 Å². The van der Waals surface area contributed by atoms with Crippen molar-refractivity contribution in [1.82, 2.24) is 5.32 Å². The zero-order valence-corrected chi connectivity index (χ0v) is 22.4. The molecule has 0 bridgehead atoms. The van der Waals surface area contributed by atoms with Gasteiger partial charge in [0.15, 0.2) is 18.1 Å². The maximum Gasteiger partial charge on any atom is 0.257 e. The summed E-state index contributed by atoms with van der Waals surface area (Å²) in [6.45, 7) is 8.58. The third-order valence-electron chi connectivity index (χ3n) is 6.87. The molecule has 0 saturated carbocycles. The molecule has 0 unspecified atom stereocenters. The quantitative estimate of drug-likeness (QED) is 0.496. The standard InChI is InChI=1S/C31H34N2O4/c1-30(2)16-22-15-25(35-6)29-24(17-31(3,4)37-29)27(22)28(33-30)21-9-7-8-20(14-21)19-10-12-23(13-11-19)36-18-26(34)32-5/h7-15H,16-18H2,1-6H3,(H,32,34). The minimum atomic E-state index is -0.299. The van der Waals surface area contributed by atoms with Gasteiger partial charge in [0.1, 0.15) is 11.4 Å². The smallest absolute Gasteiger partial charge is 0.257 e. The second-order valence-electron chi connectivity index (χ2n) is 11.0. The normalized spacial score (nSPS) is 16.6. The van der Waals surface area contributed by atoms with Crippen molar-refractivity contribution in [3.63, 3.8) is 0 Å². The number of ether oxygens (including phenoxy) is 3. The van der Waals surface area contributed by atoms with Gasteiger partial charge in [-0.25, -0.2) is 0 Å². The van der Waals surface area contributed by atoms with Gasteiger partial charge in [0.25, 0.3) is 5.91 Å². The highest BCUT2D eigenvalue weighted by Crippen LogP contribution is 2.48. The molecule has 0 aromatic heterocycles. The monoisotopic (exact) mass is 498 g/mol. The van der Waals surface area contributed by atoms with E-state index in [0.717, 1.165) is 46.7 Å². The number of carbonyl (C=O) groups excluding carboxylic acids is 1. The third kappa shape index (κ3) is 4.93. The molecule has 1 amide bonds. The molecule has 3 aromatic rings. The highest BCUT2D eigenvalue weighted by atomic mass is 16.5. The van der Waals surface area contributed by atoms with Crippen molar-refractivity contribution in [2.45, 2.75) is 51.7 Å². The molecule has 37 heavy (non-hydrogen) atoms. The second-order valence-corrected chi connectivity index (χ2v) is 11.0. The zero-order chi connectivity index (χ0) is 26.4. The molecule has 1 N–H and O–H groups in total. The Morgan fingerprint density at radius 2 is 1.73 bits per heavy atom. The molecule has 6 heteroatoms. The Morgan fingerprint density at radius 3 is 2.43 bits per heavy atom. The molecule has 2 aliphatic heterocycles. The van der Waals surface area contributed by atoms with Crippen LogP contribution in [-0.4, -0.2) is 43.5 Å². The summed E-state index contributed by atoms with van der Waals surface area (Å²) in [5.41, 5.74) is 7.28. The van der Waals surface area contributed by atoms with E-state index in [1.807, 2.05) is 24.3 Å². The Bertz CT molecular complexity index is 1390. The Hall–Kier alpha value is -3.80. The SMILES string of the molecule is CNC(=O)COc1ccc(-c2cccc(C3=NC(C)(C)Cc4cc(OC)c5c(c43)CC(C)(C)O5)c2)cc1. The molecular weight excluding hydrogens is 464 g/mol. The number of amides is 1. The fourth-order valence-corrected chi connectivity index (χ4v) is 5.24. The Kier molecular flexibility index (Phi) is 6.22. The van der Waals surface area contributed by atoms with Crippen LogP contribution < -0.4 is 19.5 Å². The van der Waals surface area contributed by atoms with Crippen LogP contribution in [-0.2, 0) is 17.6 Å². The van der Waals surface area contributed by atoms with Gasteiger partial charge in [-0.15, -0.1) is 0 Å². The fourth-order valence-electron chi connectivity index (χ4n) is 5.24. The first-order valence-electron chi connectivity index (χ1n) is 12.7. The highest BCUT2D eigenvalue weighted by Gasteiger charge is 2.39. The highest BCUT2D eigenvalue weighted by molar-refractivity contribution is 6.16. The number of hydrogen-bond acceptors (Lipinski definition) is 5. The maximum atomic E-state index is 11.5. The number of benzene rings is 3. The van der Waals surface area contributed by atoms with E-state index in [1.54, 1.807) is 14.2 Å². The van der Waals surface area contributed by atoms with E-state index in [9.17, 15) is 4.79 Å². The number of likely N-dealkylation sites (N-methyl/N-ethyl adjacent to an activating group) is 1. The lowest BCUT2D eigenvalue weighted by Crippen LogP contribution is -2.30. The lowest BCUT2D eigenvalue weighted by molar-refractivity contribution is -0.122. The van der Waals surface area contributed by atoms with Crippen molar-refractivity contribution in [3.05, 3.63) is 76.9 Å². The molecule has 0 spiro atoms. The zero-order valence-electron chi connectivity index (χ0n) is 22.4. The van der Waals surface area contributed by atoms with Gasteiger partial charge in [0.05, 0.1) is 18.4 Å². The minimum absolute atomic E-state index is 0.00399. The summed E-state index contributed by atoms with van der Waals surface area (Å²) in [6.07, 6.45) is 1.64. The fraction of sp³-hybridized carbons (Fsp3) is 0.355. The molecule has 3 aromatic carbocycles. The first-order chi connectivity index (χ1) is 17.6. The molecule has 0 aliphatic carbocycles. The average Bonchev–Trinajstić information content (AvgIpc) is 3.20. The van der Waals surface area contributed by atoms with Crippen LogP contribution in [0.15, 0.2) is 59.6 Å². The molecular formula is C31H34N2O4. The van der Waals surface area contributed by atoms with Crippen LogP contribution in [0.2, 0.25) is 0 Å². The lowest BCUT2D eigenvalue weighted by Gasteiger charge is -2.31. The van der Waals surface area contributed by atoms with Crippen LogP contribution >= 0.6 is 0 Å². The van der Waals surface area contributed by atoms with Gasteiger partial charge in [-0.1, -0.05) is 30.3 Å². The average molecular weight is 499 g/mol. The molecule has 6 nitrogen and oxygen atoms in total.